The number of likely N-dealkylation sites (tertiary alicyclic amines) is 1. The van der Waals surface area contributed by atoms with Crippen LogP contribution in [0.1, 0.15) is 18.2 Å². The van der Waals surface area contributed by atoms with Crippen LogP contribution in [0.3, 0.4) is 0 Å². The van der Waals surface area contributed by atoms with Gasteiger partial charge in [0.15, 0.2) is 5.78 Å². The molecule has 0 N–H and O–H groups in total. The van der Waals surface area contributed by atoms with E-state index in [1.807, 2.05) is 31.5 Å². The van der Waals surface area contributed by atoms with Crippen LogP contribution in [0.4, 0.5) is 0 Å². The van der Waals surface area contributed by atoms with Crippen LogP contribution in [0, 0.1) is 0 Å². The second-order valence-electron chi connectivity index (χ2n) is 3.64. The number of hydrogen-bond acceptors (Lipinski definition) is 3. The van der Waals surface area contributed by atoms with E-state index in [-0.39, 0.29) is 5.54 Å². The van der Waals surface area contributed by atoms with E-state index in [0.717, 1.165) is 11.4 Å². The highest BCUT2D eigenvalue weighted by Gasteiger charge is 2.44. The summed E-state index contributed by atoms with van der Waals surface area (Å²) in [7, 11) is 2.02. The molecule has 1 atom stereocenters. The Morgan fingerprint density at radius 1 is 1.62 bits per heavy atom. The number of likely N-dealkylation sites (N-methyl/N-ethyl adjacent to an activating group) is 1. The van der Waals surface area contributed by atoms with Gasteiger partial charge >= 0.3 is 0 Å². The van der Waals surface area contributed by atoms with Crippen LogP contribution in [0.5, 0.6) is 0 Å². The first-order chi connectivity index (χ1) is 6.15. The van der Waals surface area contributed by atoms with Gasteiger partial charge in [-0.15, -0.1) is 11.3 Å². The Kier molecular flexibility index (Phi) is 2.00. The van der Waals surface area contributed by atoms with Crippen LogP contribution in [0.25, 0.3) is 0 Å². The molecule has 1 unspecified atom stereocenters. The molecule has 0 amide bonds. The molecule has 0 bridgehead atoms. The number of Topliss-reactive ketones (excluding diaryl/α,β-unsaturated/α-hetero) is 1. The summed E-state index contributed by atoms with van der Waals surface area (Å²) >= 11 is 1.66. The summed E-state index contributed by atoms with van der Waals surface area (Å²) < 4.78 is 0. The van der Waals surface area contributed by atoms with Gasteiger partial charge in [-0.2, -0.15) is 0 Å². The Morgan fingerprint density at radius 3 is 2.85 bits per heavy atom. The third-order valence-electron chi connectivity index (χ3n) is 2.98. The summed E-state index contributed by atoms with van der Waals surface area (Å²) in [6.07, 6.45) is 0.685. The van der Waals surface area contributed by atoms with Crippen LogP contribution in [0.15, 0.2) is 17.5 Å². The van der Waals surface area contributed by atoms with Gasteiger partial charge in [-0.1, -0.05) is 6.07 Å². The normalized spacial score (nSPS) is 29.8. The summed E-state index contributed by atoms with van der Waals surface area (Å²) in [5.74, 6) is 0.345. The smallest absolute Gasteiger partial charge is 0.159 e. The molecule has 0 spiro atoms. The van der Waals surface area contributed by atoms with Gasteiger partial charge in [0.05, 0.1) is 0 Å². The van der Waals surface area contributed by atoms with Crippen molar-refractivity contribution in [2.45, 2.75) is 18.9 Å². The molecule has 0 radical (unpaired) electrons. The molecule has 1 aliphatic rings. The van der Waals surface area contributed by atoms with Crippen molar-refractivity contribution in [2.75, 3.05) is 13.6 Å². The van der Waals surface area contributed by atoms with Gasteiger partial charge < -0.3 is 0 Å². The summed E-state index contributed by atoms with van der Waals surface area (Å²) in [4.78, 5) is 15.1. The quantitative estimate of drug-likeness (QED) is 0.682. The van der Waals surface area contributed by atoms with Gasteiger partial charge in [0.2, 0.25) is 0 Å². The maximum absolute atomic E-state index is 11.8. The number of carbonyl (C=O) groups excluding carboxylic acids is 1. The van der Waals surface area contributed by atoms with Crippen molar-refractivity contribution in [1.82, 2.24) is 4.90 Å². The van der Waals surface area contributed by atoms with Crippen molar-refractivity contribution in [3.05, 3.63) is 22.4 Å². The van der Waals surface area contributed by atoms with Gasteiger partial charge in [0, 0.05) is 17.8 Å². The molecule has 13 heavy (non-hydrogen) atoms. The minimum absolute atomic E-state index is 0.345. The first-order valence-electron chi connectivity index (χ1n) is 4.44. The van der Waals surface area contributed by atoms with E-state index in [9.17, 15) is 4.79 Å². The van der Waals surface area contributed by atoms with Crippen molar-refractivity contribution >= 4 is 17.1 Å². The second-order valence-corrected chi connectivity index (χ2v) is 4.59. The summed E-state index contributed by atoms with van der Waals surface area (Å²) in [5, 5.41) is 2.03. The monoisotopic (exact) mass is 195 g/mol. The van der Waals surface area contributed by atoms with Crippen LogP contribution >= 0.6 is 11.3 Å². The van der Waals surface area contributed by atoms with Gasteiger partial charge in [-0.3, -0.25) is 9.69 Å². The SMILES string of the molecule is CN1CCC(=O)C1(C)c1cccs1. The third-order valence-corrected chi connectivity index (χ3v) is 4.06. The molecule has 1 aromatic rings. The Morgan fingerprint density at radius 2 is 2.38 bits per heavy atom. The average Bonchev–Trinajstić information content (AvgIpc) is 2.70. The van der Waals surface area contributed by atoms with Gasteiger partial charge in [-0.25, -0.2) is 0 Å². The summed E-state index contributed by atoms with van der Waals surface area (Å²) in [6, 6.07) is 4.05. The van der Waals surface area contributed by atoms with Crippen LogP contribution in [0.2, 0.25) is 0 Å². The summed E-state index contributed by atoms with van der Waals surface area (Å²) in [6.45, 7) is 2.90. The Labute approximate surface area is 82.2 Å². The van der Waals surface area contributed by atoms with E-state index < -0.39 is 0 Å². The number of carbonyl (C=O) groups is 1. The Hall–Kier alpha value is -0.670. The minimum Gasteiger partial charge on any atom is -0.297 e. The van der Waals surface area contributed by atoms with Crippen LogP contribution in [-0.4, -0.2) is 24.3 Å². The standard InChI is InChI=1S/C10H13NOS/c1-10(9-4-3-7-13-9)8(12)5-6-11(10)2/h3-4,7H,5-6H2,1-2H3. The van der Waals surface area contributed by atoms with Gasteiger partial charge in [0.25, 0.3) is 0 Å². The molecular weight excluding hydrogens is 182 g/mol. The molecule has 1 fully saturated rings. The highest BCUT2D eigenvalue weighted by atomic mass is 32.1. The fourth-order valence-corrected chi connectivity index (χ4v) is 2.79. The fraction of sp³-hybridized carbons (Fsp3) is 0.500. The van der Waals surface area contributed by atoms with Crippen LogP contribution < -0.4 is 0 Å². The zero-order chi connectivity index (χ0) is 9.47. The number of ketones is 1. The average molecular weight is 195 g/mol. The molecule has 1 aliphatic heterocycles. The van der Waals surface area contributed by atoms with Crippen molar-refractivity contribution in [3.8, 4) is 0 Å². The largest absolute Gasteiger partial charge is 0.297 e. The molecule has 1 aromatic heterocycles. The van der Waals surface area contributed by atoms with Gasteiger partial charge in [0.1, 0.15) is 5.54 Å². The number of hydrogen-bond donors (Lipinski definition) is 0. The predicted octanol–water partition coefficient (Wildman–Crippen LogP) is 1.87. The second kappa shape index (κ2) is 2.93. The van der Waals surface area contributed by atoms with Gasteiger partial charge in [-0.05, 0) is 25.4 Å². The minimum atomic E-state index is -0.353. The van der Waals surface area contributed by atoms with E-state index in [1.54, 1.807) is 11.3 Å². The molecule has 70 valence electrons. The molecule has 2 nitrogen and oxygen atoms in total. The first kappa shape index (κ1) is 8.91. The molecule has 0 saturated carbocycles. The van der Waals surface area contributed by atoms with E-state index in [1.165, 1.54) is 0 Å². The van der Waals surface area contributed by atoms with E-state index in [4.69, 9.17) is 0 Å². The van der Waals surface area contributed by atoms with Crippen molar-refractivity contribution in [1.29, 1.82) is 0 Å². The fourth-order valence-electron chi connectivity index (χ4n) is 1.83. The number of rotatable bonds is 1. The third kappa shape index (κ3) is 1.15. The Balaban J connectivity index is 2.44. The molecule has 2 heterocycles. The molecule has 3 heteroatoms. The zero-order valence-electron chi connectivity index (χ0n) is 7.91. The molecule has 1 saturated heterocycles. The molecule has 2 rings (SSSR count). The first-order valence-corrected chi connectivity index (χ1v) is 5.32. The highest BCUT2D eigenvalue weighted by Crippen LogP contribution is 2.36. The highest BCUT2D eigenvalue weighted by molar-refractivity contribution is 7.10. The maximum atomic E-state index is 11.8. The van der Waals surface area contributed by atoms with E-state index in [2.05, 4.69) is 4.90 Å². The maximum Gasteiger partial charge on any atom is 0.159 e. The zero-order valence-corrected chi connectivity index (χ0v) is 8.73. The topological polar surface area (TPSA) is 20.3 Å². The number of nitrogens with zero attached hydrogens (tertiary/aromatic N) is 1. The lowest BCUT2D eigenvalue weighted by atomic mass is 9.96. The lowest BCUT2D eigenvalue weighted by molar-refractivity contribution is -0.124. The number of thiophene rings is 1. The van der Waals surface area contributed by atoms with E-state index in [0.29, 0.717) is 12.2 Å². The predicted molar refractivity (Wildman–Crippen MR) is 53.9 cm³/mol. The lowest BCUT2D eigenvalue weighted by Crippen LogP contribution is -2.39. The van der Waals surface area contributed by atoms with E-state index >= 15 is 0 Å². The van der Waals surface area contributed by atoms with Crippen molar-refractivity contribution in [2.24, 2.45) is 0 Å². The molecule has 0 aromatic carbocycles. The molecule has 0 aliphatic carbocycles. The van der Waals surface area contributed by atoms with Crippen molar-refractivity contribution < 1.29 is 4.79 Å². The molecular formula is C10H13NOS. The van der Waals surface area contributed by atoms with Crippen LogP contribution in [-0.2, 0) is 10.3 Å². The summed E-state index contributed by atoms with van der Waals surface area (Å²) in [5.41, 5.74) is -0.353. The lowest BCUT2D eigenvalue weighted by Gasteiger charge is -2.29. The van der Waals surface area contributed by atoms with Crippen molar-refractivity contribution in [3.63, 3.8) is 0 Å². The Bertz CT molecular complexity index is 320.